The third kappa shape index (κ3) is 4.77. The molecular weight excluding hydrogens is 236 g/mol. The van der Waals surface area contributed by atoms with Crippen LogP contribution in [0.1, 0.15) is 25.7 Å². The van der Waals surface area contributed by atoms with Crippen LogP contribution in [0.15, 0.2) is 0 Å². The van der Waals surface area contributed by atoms with Gasteiger partial charge >= 0.3 is 6.18 Å². The molecule has 84 valence electrons. The molecule has 2 atom stereocenters. The molecule has 0 saturated heterocycles. The van der Waals surface area contributed by atoms with Gasteiger partial charge in [0.25, 0.3) is 0 Å². The second kappa shape index (κ2) is 5.49. The van der Waals surface area contributed by atoms with Crippen LogP contribution in [0, 0.1) is 0 Å². The molecule has 2 unspecified atom stereocenters. The molecule has 0 aromatic heterocycles. The van der Waals surface area contributed by atoms with Crippen LogP contribution >= 0.6 is 21.6 Å². The number of halogens is 4. The second-order valence-corrected chi connectivity index (χ2v) is 5.92. The summed E-state index contributed by atoms with van der Waals surface area (Å²) in [4.78, 5) is 0. The van der Waals surface area contributed by atoms with Gasteiger partial charge in [0.2, 0.25) is 0 Å². The molecule has 1 aliphatic carbocycles. The Morgan fingerprint density at radius 1 is 1.14 bits per heavy atom. The van der Waals surface area contributed by atoms with E-state index >= 15 is 0 Å². The monoisotopic (exact) mass is 248 g/mol. The first-order chi connectivity index (χ1) is 6.49. The predicted octanol–water partition coefficient (Wildman–Crippen LogP) is 4.21. The fraction of sp³-hybridized carbons (Fsp3) is 1.00. The minimum atomic E-state index is -4.14. The van der Waals surface area contributed by atoms with Crippen molar-refractivity contribution in [2.75, 3.05) is 5.75 Å². The summed E-state index contributed by atoms with van der Waals surface area (Å²) in [6.07, 6.45) is -2.05. The molecule has 0 amide bonds. The summed E-state index contributed by atoms with van der Waals surface area (Å²) >= 11 is 0. The topological polar surface area (TPSA) is 0 Å². The molecule has 0 aromatic carbocycles. The molecule has 0 N–H and O–H groups in total. The smallest absolute Gasteiger partial charge is 0.246 e. The van der Waals surface area contributed by atoms with Gasteiger partial charge in [0.1, 0.15) is 6.17 Å². The van der Waals surface area contributed by atoms with E-state index in [2.05, 4.69) is 0 Å². The van der Waals surface area contributed by atoms with E-state index in [1.54, 1.807) is 0 Å². The van der Waals surface area contributed by atoms with Crippen LogP contribution in [-0.4, -0.2) is 23.4 Å². The van der Waals surface area contributed by atoms with Gasteiger partial charge in [0.15, 0.2) is 0 Å². The highest BCUT2D eigenvalue weighted by molar-refractivity contribution is 8.77. The number of hydrogen-bond donors (Lipinski definition) is 0. The lowest BCUT2D eigenvalue weighted by Gasteiger charge is -2.24. The van der Waals surface area contributed by atoms with Crippen molar-refractivity contribution < 1.29 is 17.6 Å². The number of alkyl halides is 4. The summed E-state index contributed by atoms with van der Waals surface area (Å²) in [5.41, 5.74) is 0. The van der Waals surface area contributed by atoms with Crippen LogP contribution in [0.4, 0.5) is 17.6 Å². The number of hydrogen-bond acceptors (Lipinski definition) is 2. The first kappa shape index (κ1) is 12.5. The van der Waals surface area contributed by atoms with Gasteiger partial charge in [0, 0.05) is 5.25 Å². The third-order valence-electron chi connectivity index (χ3n) is 2.04. The SMILES string of the molecule is FC1CCCCC1SSCC(F)(F)F. The maximum Gasteiger partial charge on any atom is 0.398 e. The predicted molar refractivity (Wildman–Crippen MR) is 53.3 cm³/mol. The Labute approximate surface area is 88.6 Å². The molecule has 0 aromatic rings. The van der Waals surface area contributed by atoms with Crippen molar-refractivity contribution in [2.45, 2.75) is 43.3 Å². The minimum absolute atomic E-state index is 0.240. The van der Waals surface area contributed by atoms with Crippen LogP contribution in [-0.2, 0) is 0 Å². The molecule has 0 radical (unpaired) electrons. The lowest BCUT2D eigenvalue weighted by Crippen LogP contribution is -2.22. The van der Waals surface area contributed by atoms with Gasteiger partial charge in [0.05, 0.1) is 5.75 Å². The molecule has 0 aliphatic heterocycles. The van der Waals surface area contributed by atoms with Crippen molar-refractivity contribution in [3.8, 4) is 0 Å². The van der Waals surface area contributed by atoms with Gasteiger partial charge in [-0.15, -0.1) is 0 Å². The lowest BCUT2D eigenvalue weighted by atomic mass is 9.98. The standard InChI is InChI=1S/C8H12F4S2/c9-6-3-1-2-4-7(6)14-13-5-8(10,11)12/h6-7H,1-5H2. The van der Waals surface area contributed by atoms with E-state index < -0.39 is 18.1 Å². The van der Waals surface area contributed by atoms with Crippen molar-refractivity contribution in [3.05, 3.63) is 0 Å². The second-order valence-electron chi connectivity index (χ2n) is 3.31. The zero-order valence-corrected chi connectivity index (χ0v) is 9.15. The Hall–Kier alpha value is 0.420. The highest BCUT2D eigenvalue weighted by Crippen LogP contribution is 2.39. The first-order valence-corrected chi connectivity index (χ1v) is 6.86. The van der Waals surface area contributed by atoms with Crippen molar-refractivity contribution in [2.24, 2.45) is 0 Å². The van der Waals surface area contributed by atoms with Crippen molar-refractivity contribution in [3.63, 3.8) is 0 Å². The van der Waals surface area contributed by atoms with Gasteiger partial charge < -0.3 is 0 Å². The van der Waals surface area contributed by atoms with Crippen molar-refractivity contribution >= 4 is 21.6 Å². The van der Waals surface area contributed by atoms with E-state index in [0.29, 0.717) is 12.8 Å². The van der Waals surface area contributed by atoms with Crippen molar-refractivity contribution in [1.82, 2.24) is 0 Å². The van der Waals surface area contributed by atoms with E-state index in [0.717, 1.165) is 34.4 Å². The molecule has 1 rings (SSSR count). The number of rotatable bonds is 3. The maximum absolute atomic E-state index is 13.2. The van der Waals surface area contributed by atoms with Crippen LogP contribution in [0.5, 0.6) is 0 Å². The molecule has 0 nitrogen and oxygen atoms in total. The first-order valence-electron chi connectivity index (χ1n) is 4.48. The summed E-state index contributed by atoms with van der Waals surface area (Å²) in [6, 6.07) is 0. The highest BCUT2D eigenvalue weighted by atomic mass is 33.1. The average molecular weight is 248 g/mol. The molecule has 0 heterocycles. The van der Waals surface area contributed by atoms with Gasteiger partial charge in [-0.2, -0.15) is 13.2 Å². The summed E-state index contributed by atoms with van der Waals surface area (Å²) in [5, 5.41) is -0.240. The normalized spacial score (nSPS) is 29.1. The molecule has 1 aliphatic rings. The summed E-state index contributed by atoms with van der Waals surface area (Å²) in [7, 11) is 1.78. The van der Waals surface area contributed by atoms with E-state index in [1.807, 2.05) is 0 Å². The van der Waals surface area contributed by atoms with Crippen LogP contribution in [0.3, 0.4) is 0 Å². The molecule has 14 heavy (non-hydrogen) atoms. The van der Waals surface area contributed by atoms with E-state index in [1.165, 1.54) is 0 Å². The van der Waals surface area contributed by atoms with Gasteiger partial charge in [-0.3, -0.25) is 0 Å². The highest BCUT2D eigenvalue weighted by Gasteiger charge is 2.30. The molecule has 1 fully saturated rings. The molecule has 1 saturated carbocycles. The van der Waals surface area contributed by atoms with Crippen LogP contribution < -0.4 is 0 Å². The zero-order chi connectivity index (χ0) is 10.6. The Morgan fingerprint density at radius 2 is 1.79 bits per heavy atom. The molecule has 0 spiro atoms. The summed E-state index contributed by atoms with van der Waals surface area (Å²) < 4.78 is 48.5. The lowest BCUT2D eigenvalue weighted by molar-refractivity contribution is -0.104. The average Bonchev–Trinajstić information content (AvgIpc) is 2.06. The maximum atomic E-state index is 13.2. The van der Waals surface area contributed by atoms with E-state index in [-0.39, 0.29) is 5.25 Å². The van der Waals surface area contributed by atoms with Crippen LogP contribution in [0.25, 0.3) is 0 Å². The Kier molecular flexibility index (Phi) is 4.90. The minimum Gasteiger partial charge on any atom is -0.246 e. The Balaban J connectivity index is 2.17. The molecule has 0 bridgehead atoms. The van der Waals surface area contributed by atoms with Crippen LogP contribution in [0.2, 0.25) is 0 Å². The molecule has 6 heteroatoms. The van der Waals surface area contributed by atoms with E-state index in [9.17, 15) is 17.6 Å². The van der Waals surface area contributed by atoms with Gasteiger partial charge in [-0.05, 0) is 12.8 Å². The Morgan fingerprint density at radius 3 is 2.36 bits per heavy atom. The van der Waals surface area contributed by atoms with Crippen molar-refractivity contribution in [1.29, 1.82) is 0 Å². The fourth-order valence-corrected chi connectivity index (χ4v) is 4.02. The quantitative estimate of drug-likeness (QED) is 0.542. The zero-order valence-electron chi connectivity index (χ0n) is 7.52. The summed E-state index contributed by atoms with van der Waals surface area (Å²) in [5.74, 6) is -0.888. The third-order valence-corrected chi connectivity index (χ3v) is 4.90. The van der Waals surface area contributed by atoms with E-state index in [4.69, 9.17) is 0 Å². The molecular formula is C8H12F4S2. The fourth-order valence-electron chi connectivity index (χ4n) is 1.35. The summed E-state index contributed by atoms with van der Waals surface area (Å²) in [6.45, 7) is 0. The largest absolute Gasteiger partial charge is 0.398 e. The van der Waals surface area contributed by atoms with Gasteiger partial charge in [-0.25, -0.2) is 4.39 Å². The van der Waals surface area contributed by atoms with Gasteiger partial charge in [-0.1, -0.05) is 34.4 Å². The Bertz CT molecular complexity index is 171.